The van der Waals surface area contributed by atoms with Gasteiger partial charge in [-0.25, -0.2) is 4.57 Å². The van der Waals surface area contributed by atoms with Crippen molar-refractivity contribution in [3.8, 4) is 0 Å². The van der Waals surface area contributed by atoms with Crippen molar-refractivity contribution in [2.75, 3.05) is 0 Å². The third kappa shape index (κ3) is 130. The molecule has 8 heteroatoms. The van der Waals surface area contributed by atoms with Gasteiger partial charge in [0.25, 0.3) is 0 Å². The van der Waals surface area contributed by atoms with E-state index in [0.29, 0.717) is 0 Å². The summed E-state index contributed by atoms with van der Waals surface area (Å²) in [5, 5.41) is 0. The van der Waals surface area contributed by atoms with E-state index in [1.54, 1.807) is 0 Å². The molecule has 0 aliphatic rings. The van der Waals surface area contributed by atoms with Gasteiger partial charge in [-0.2, -0.15) is 0 Å². The fraction of sp³-hybridized carbons (Fsp3) is 0. The third-order valence-corrected chi connectivity index (χ3v) is 0. The summed E-state index contributed by atoms with van der Waals surface area (Å²) in [6.45, 7) is 0. The fourth-order valence-electron chi connectivity index (χ4n) is 0. The Balaban J connectivity index is -0.0000000267. The van der Waals surface area contributed by atoms with E-state index in [1.165, 1.54) is 0 Å². The van der Waals surface area contributed by atoms with Gasteiger partial charge in [-0.05, 0) is 0 Å². The van der Waals surface area contributed by atoms with Crippen LogP contribution in [0.2, 0.25) is 0 Å². The van der Waals surface area contributed by atoms with Crippen LogP contribution < -0.4 is 0 Å². The van der Waals surface area contributed by atoms with Crippen LogP contribution in [0.1, 0.15) is 0 Å². The molecule has 0 bridgehead atoms. The molecular formula is H6FeNaO5P. The fourth-order valence-corrected chi connectivity index (χ4v) is 0. The second-order valence-electron chi connectivity index (χ2n) is 0.513. The Morgan fingerprint density at radius 1 is 1.12 bits per heavy atom. The van der Waals surface area contributed by atoms with Gasteiger partial charge < -0.3 is 20.2 Å². The Labute approximate surface area is 78.8 Å². The van der Waals surface area contributed by atoms with Crippen LogP contribution in [0.3, 0.4) is 0 Å². The Kier molecular flexibility index (Phi) is 24.3. The van der Waals surface area contributed by atoms with Crippen LogP contribution in [0.5, 0.6) is 0 Å². The summed E-state index contributed by atoms with van der Waals surface area (Å²) in [6.07, 6.45) is 0. The van der Waals surface area contributed by atoms with Gasteiger partial charge in [0.1, 0.15) is 0 Å². The van der Waals surface area contributed by atoms with Crippen molar-refractivity contribution < 1.29 is 41.8 Å². The van der Waals surface area contributed by atoms with Crippen molar-refractivity contribution in [3.05, 3.63) is 0 Å². The van der Waals surface area contributed by atoms with Gasteiger partial charge in [0.2, 0.25) is 0 Å². The zero-order valence-electron chi connectivity index (χ0n) is 3.05. The van der Waals surface area contributed by atoms with E-state index in [0.717, 1.165) is 0 Å². The van der Waals surface area contributed by atoms with Gasteiger partial charge in [0.15, 0.2) is 0 Å². The molecule has 8 heavy (non-hydrogen) atoms. The molecule has 0 saturated carbocycles. The van der Waals surface area contributed by atoms with Gasteiger partial charge in [0.05, 0.1) is 0 Å². The maximum absolute atomic E-state index is 8.88. The van der Waals surface area contributed by atoms with Gasteiger partial charge in [-0.3, -0.25) is 0 Å². The average Bonchev–Trinajstić information content (AvgIpc) is 0.722. The van der Waals surface area contributed by atoms with E-state index in [1.807, 2.05) is 0 Å². The van der Waals surface area contributed by atoms with E-state index >= 15 is 0 Å². The number of rotatable bonds is 0. The van der Waals surface area contributed by atoms with Crippen molar-refractivity contribution in [2.45, 2.75) is 0 Å². The maximum atomic E-state index is 8.88. The summed E-state index contributed by atoms with van der Waals surface area (Å²) in [7, 11) is -4.64. The molecule has 0 unspecified atom stereocenters. The Bertz CT molecular complexity index is 58.6. The van der Waals surface area contributed by atoms with Crippen LogP contribution in [0.25, 0.3) is 0 Å². The van der Waals surface area contributed by atoms with Crippen LogP contribution >= 0.6 is 7.82 Å². The van der Waals surface area contributed by atoms with Crippen molar-refractivity contribution in [1.82, 2.24) is 0 Å². The summed E-state index contributed by atoms with van der Waals surface area (Å²) in [4.78, 5) is 21.6. The van der Waals surface area contributed by atoms with Crippen LogP contribution in [0, 0.1) is 0 Å². The second-order valence-corrected chi connectivity index (χ2v) is 1.54. The summed E-state index contributed by atoms with van der Waals surface area (Å²) >= 11 is 0. The van der Waals surface area contributed by atoms with E-state index in [4.69, 9.17) is 19.2 Å². The Morgan fingerprint density at radius 2 is 1.12 bits per heavy atom. The first kappa shape index (κ1) is 22.6. The molecule has 0 fully saturated rings. The zero-order chi connectivity index (χ0) is 4.50. The summed E-state index contributed by atoms with van der Waals surface area (Å²) in [5.74, 6) is 0. The van der Waals surface area contributed by atoms with E-state index in [-0.39, 0.29) is 52.1 Å². The van der Waals surface area contributed by atoms with Gasteiger partial charge >= 0.3 is 37.4 Å². The molecule has 0 aromatic heterocycles. The van der Waals surface area contributed by atoms with Gasteiger partial charge in [-0.15, -0.1) is 0 Å². The van der Waals surface area contributed by atoms with E-state index in [2.05, 4.69) is 0 Å². The van der Waals surface area contributed by atoms with Gasteiger partial charge in [0, 0.05) is 17.1 Å². The van der Waals surface area contributed by atoms with E-state index in [9.17, 15) is 0 Å². The van der Waals surface area contributed by atoms with Crippen LogP contribution in [-0.2, 0) is 21.6 Å². The molecule has 5 nitrogen and oxygen atoms in total. The first-order chi connectivity index (χ1) is 2.00. The minimum absolute atomic E-state index is 0. The zero-order valence-corrected chi connectivity index (χ0v) is 5.05. The first-order valence-corrected chi connectivity index (χ1v) is 2.35. The molecule has 0 spiro atoms. The number of phosphoric acid groups is 1. The van der Waals surface area contributed by atoms with Crippen molar-refractivity contribution in [3.63, 3.8) is 0 Å². The Morgan fingerprint density at radius 3 is 1.12 bits per heavy atom. The molecule has 0 aromatic carbocycles. The summed E-state index contributed by atoms with van der Waals surface area (Å²) < 4.78 is 8.88. The van der Waals surface area contributed by atoms with Crippen molar-refractivity contribution in [2.24, 2.45) is 0 Å². The second kappa shape index (κ2) is 8.59. The SMILES string of the molecule is O.O=P(O)(O)O.[Fe].[NaH]. The minimum atomic E-state index is -4.64. The third-order valence-electron chi connectivity index (χ3n) is 0. The predicted molar refractivity (Wildman–Crippen MR) is 25.0 cm³/mol. The molecule has 0 radical (unpaired) electrons. The number of hydrogen-bond acceptors (Lipinski definition) is 1. The molecule has 0 heterocycles. The summed E-state index contributed by atoms with van der Waals surface area (Å²) in [6, 6.07) is 0. The van der Waals surface area contributed by atoms with Crippen LogP contribution in [0.15, 0.2) is 0 Å². The molecule has 0 saturated heterocycles. The first-order valence-electron chi connectivity index (χ1n) is 0.783. The molecule has 0 aliphatic carbocycles. The molecular weight excluding hydrogens is 190 g/mol. The van der Waals surface area contributed by atoms with Crippen molar-refractivity contribution >= 4 is 37.4 Å². The average molecular weight is 196 g/mol. The molecule has 0 rings (SSSR count). The van der Waals surface area contributed by atoms with Crippen LogP contribution in [0.4, 0.5) is 0 Å². The molecule has 50 valence electrons. The normalized spacial score (nSPS) is 7.38. The molecule has 5 N–H and O–H groups in total. The van der Waals surface area contributed by atoms with Crippen molar-refractivity contribution in [1.29, 1.82) is 0 Å². The summed E-state index contributed by atoms with van der Waals surface area (Å²) in [5.41, 5.74) is 0. The Hall–Kier alpha value is 1.59. The quantitative estimate of drug-likeness (QED) is 0.296. The standard InChI is InChI=1S/Fe.Na.H3O4P.H2O.H/c;;1-5(2,3)4;;/h;;(H3,1,2,3,4);1H2;. The molecule has 0 aromatic rings. The monoisotopic (exact) mass is 196 g/mol. The van der Waals surface area contributed by atoms with E-state index < -0.39 is 7.82 Å². The molecule has 0 atom stereocenters. The number of hydrogen-bond donors (Lipinski definition) is 3. The topological polar surface area (TPSA) is 109 Å². The van der Waals surface area contributed by atoms with Gasteiger partial charge in [-0.1, -0.05) is 0 Å². The van der Waals surface area contributed by atoms with Crippen LogP contribution in [-0.4, -0.2) is 49.7 Å². The molecule has 0 amide bonds. The predicted octanol–water partition coefficient (Wildman–Crippen LogP) is -2.40. The molecule has 0 aliphatic heterocycles.